The van der Waals surface area contributed by atoms with E-state index in [2.05, 4.69) is 30.3 Å². The summed E-state index contributed by atoms with van der Waals surface area (Å²) in [6.45, 7) is 9.20. The second-order valence-electron chi connectivity index (χ2n) is 5.83. The van der Waals surface area contributed by atoms with Crippen molar-refractivity contribution in [2.24, 2.45) is 11.3 Å². The summed E-state index contributed by atoms with van der Waals surface area (Å²) in [4.78, 5) is 11.9. The van der Waals surface area contributed by atoms with Gasteiger partial charge in [0.1, 0.15) is 0 Å². The molecule has 0 saturated heterocycles. The molecule has 1 heterocycles. The smallest absolute Gasteiger partial charge is 0.268 e. The molecule has 0 amide bonds. The molecule has 0 aliphatic rings. The fourth-order valence-electron chi connectivity index (χ4n) is 1.46. The van der Waals surface area contributed by atoms with Gasteiger partial charge in [-0.1, -0.05) is 13.8 Å². The minimum Gasteiger partial charge on any atom is -0.383 e. The molecule has 5 nitrogen and oxygen atoms in total. The predicted molar refractivity (Wildman–Crippen MR) is 75.8 cm³/mol. The Hall–Kier alpha value is -1.83. The van der Waals surface area contributed by atoms with Crippen molar-refractivity contribution >= 4 is 5.69 Å². The van der Waals surface area contributed by atoms with Crippen molar-refractivity contribution in [1.29, 1.82) is 5.26 Å². The quantitative estimate of drug-likeness (QED) is 0.853. The van der Waals surface area contributed by atoms with Gasteiger partial charge in [-0.3, -0.25) is 4.79 Å². The van der Waals surface area contributed by atoms with E-state index in [-0.39, 0.29) is 5.56 Å². The molecule has 1 aromatic heterocycles. The van der Waals surface area contributed by atoms with Gasteiger partial charge in [0.15, 0.2) is 0 Å². The first-order chi connectivity index (χ1) is 8.84. The van der Waals surface area contributed by atoms with Gasteiger partial charge < -0.3 is 5.32 Å². The van der Waals surface area contributed by atoms with E-state index in [4.69, 9.17) is 5.26 Å². The van der Waals surface area contributed by atoms with Gasteiger partial charge in [0.05, 0.1) is 23.4 Å². The molecule has 0 radical (unpaired) electrons. The maximum atomic E-state index is 11.9. The second-order valence-corrected chi connectivity index (χ2v) is 5.83. The van der Waals surface area contributed by atoms with E-state index >= 15 is 0 Å². The van der Waals surface area contributed by atoms with Crippen LogP contribution in [0.15, 0.2) is 17.1 Å². The third kappa shape index (κ3) is 5.12. The van der Waals surface area contributed by atoms with Crippen LogP contribution in [0.3, 0.4) is 0 Å². The van der Waals surface area contributed by atoms with Crippen molar-refractivity contribution in [3.05, 3.63) is 22.6 Å². The molecule has 0 fully saturated rings. The normalized spacial score (nSPS) is 11.4. The van der Waals surface area contributed by atoms with E-state index in [0.717, 1.165) is 12.2 Å². The number of aryl methyl sites for hydroxylation is 1. The number of anilines is 1. The number of aromatic nitrogens is 2. The van der Waals surface area contributed by atoms with Crippen molar-refractivity contribution in [3.63, 3.8) is 0 Å². The molecule has 0 atom stereocenters. The molecule has 0 aliphatic heterocycles. The van der Waals surface area contributed by atoms with Crippen LogP contribution in [0.1, 0.15) is 34.1 Å². The molecule has 104 valence electrons. The van der Waals surface area contributed by atoms with Gasteiger partial charge in [-0.15, -0.1) is 0 Å². The van der Waals surface area contributed by atoms with Crippen LogP contribution in [-0.4, -0.2) is 16.3 Å². The summed E-state index contributed by atoms with van der Waals surface area (Å²) in [6, 6.07) is 3.77. The topological polar surface area (TPSA) is 70.7 Å². The summed E-state index contributed by atoms with van der Waals surface area (Å²) in [7, 11) is 0. The van der Waals surface area contributed by atoms with Gasteiger partial charge >= 0.3 is 0 Å². The van der Waals surface area contributed by atoms with E-state index in [1.54, 1.807) is 12.3 Å². The van der Waals surface area contributed by atoms with Crippen LogP contribution >= 0.6 is 0 Å². The summed E-state index contributed by atoms with van der Waals surface area (Å²) in [5, 5.41) is 16.2. The van der Waals surface area contributed by atoms with Crippen LogP contribution in [0.25, 0.3) is 0 Å². The Morgan fingerprint density at radius 2 is 2.21 bits per heavy atom. The average Bonchev–Trinajstić information content (AvgIpc) is 2.35. The Bertz CT molecular complexity index is 511. The van der Waals surface area contributed by atoms with E-state index in [9.17, 15) is 4.79 Å². The van der Waals surface area contributed by atoms with Crippen molar-refractivity contribution < 1.29 is 0 Å². The monoisotopic (exact) mass is 262 g/mol. The molecule has 1 aromatic rings. The van der Waals surface area contributed by atoms with E-state index in [0.29, 0.717) is 18.9 Å². The van der Waals surface area contributed by atoms with Gasteiger partial charge in [-0.05, 0) is 26.2 Å². The van der Waals surface area contributed by atoms with Gasteiger partial charge in [0.25, 0.3) is 5.56 Å². The molecule has 19 heavy (non-hydrogen) atoms. The highest BCUT2D eigenvalue weighted by Gasteiger charge is 2.16. The zero-order valence-corrected chi connectivity index (χ0v) is 12.1. The summed E-state index contributed by atoms with van der Waals surface area (Å²) in [5.74, 6) is 0.513. The Kier molecular flexibility index (Phi) is 5.11. The third-order valence-electron chi connectivity index (χ3n) is 2.84. The lowest BCUT2D eigenvalue weighted by Gasteiger charge is -2.15. The molecule has 5 heteroatoms. The highest BCUT2D eigenvalue weighted by molar-refractivity contribution is 5.38. The molecule has 0 bridgehead atoms. The van der Waals surface area contributed by atoms with Crippen LogP contribution in [0, 0.1) is 22.7 Å². The molecule has 0 spiro atoms. The zero-order chi connectivity index (χ0) is 14.5. The molecule has 0 saturated carbocycles. The number of nitrogens with one attached hydrogen (secondary N) is 1. The van der Waals surface area contributed by atoms with Crippen molar-refractivity contribution in [2.75, 3.05) is 11.9 Å². The molecular formula is C14H22N4O. The maximum absolute atomic E-state index is 11.9. The fourth-order valence-corrected chi connectivity index (χ4v) is 1.46. The number of hydrogen-bond donors (Lipinski definition) is 1. The summed E-state index contributed by atoms with van der Waals surface area (Å²) >= 11 is 0. The van der Waals surface area contributed by atoms with Crippen LogP contribution in [0.2, 0.25) is 0 Å². The molecule has 0 aromatic carbocycles. The first-order valence-electron chi connectivity index (χ1n) is 6.56. The summed E-state index contributed by atoms with van der Waals surface area (Å²) in [6.07, 6.45) is 2.26. The lowest BCUT2D eigenvalue weighted by atomic mass is 9.92. The lowest BCUT2D eigenvalue weighted by Crippen LogP contribution is -2.25. The first-order valence-corrected chi connectivity index (χ1v) is 6.56. The van der Waals surface area contributed by atoms with Crippen LogP contribution < -0.4 is 10.9 Å². The highest BCUT2D eigenvalue weighted by atomic mass is 16.1. The minimum atomic E-state index is -0.435. The van der Waals surface area contributed by atoms with Crippen LogP contribution in [0.4, 0.5) is 5.69 Å². The molecule has 0 aliphatic carbocycles. The van der Waals surface area contributed by atoms with Crippen LogP contribution in [-0.2, 0) is 6.54 Å². The van der Waals surface area contributed by atoms with E-state index in [1.165, 1.54) is 4.68 Å². The molecule has 0 unspecified atom stereocenters. The largest absolute Gasteiger partial charge is 0.383 e. The maximum Gasteiger partial charge on any atom is 0.268 e. The van der Waals surface area contributed by atoms with Gasteiger partial charge in [-0.25, -0.2) is 4.68 Å². The Balaban J connectivity index is 2.68. The Morgan fingerprint density at radius 1 is 1.53 bits per heavy atom. The fraction of sp³-hybridized carbons (Fsp3) is 0.643. The summed E-state index contributed by atoms with van der Waals surface area (Å²) in [5.41, 5.74) is 0.173. The number of hydrogen-bond acceptors (Lipinski definition) is 4. The minimum absolute atomic E-state index is 0.137. The average molecular weight is 262 g/mol. The molecule has 1 rings (SSSR count). The Labute approximate surface area is 114 Å². The highest BCUT2D eigenvalue weighted by Crippen LogP contribution is 2.18. The van der Waals surface area contributed by atoms with Gasteiger partial charge in [0.2, 0.25) is 0 Å². The third-order valence-corrected chi connectivity index (χ3v) is 2.84. The first kappa shape index (κ1) is 15.2. The van der Waals surface area contributed by atoms with E-state index in [1.807, 2.05) is 13.8 Å². The Morgan fingerprint density at radius 3 is 2.74 bits per heavy atom. The molecule has 1 N–H and O–H groups in total. The number of rotatable bonds is 6. The zero-order valence-electron chi connectivity index (χ0n) is 12.1. The number of nitriles is 1. The standard InChI is InChI=1S/C14H22N4O/c1-11(2)8-16-12-7-13(19)18(17-9-12)6-5-14(3,4)10-15/h7,9,11,16H,5-6,8H2,1-4H3. The van der Waals surface area contributed by atoms with Crippen molar-refractivity contribution in [3.8, 4) is 6.07 Å². The van der Waals surface area contributed by atoms with Gasteiger partial charge in [-0.2, -0.15) is 10.4 Å². The predicted octanol–water partition coefficient (Wildman–Crippen LogP) is 2.25. The number of nitrogens with zero attached hydrogens (tertiary/aromatic N) is 3. The molecular weight excluding hydrogens is 240 g/mol. The summed E-state index contributed by atoms with van der Waals surface area (Å²) < 4.78 is 1.40. The van der Waals surface area contributed by atoms with Crippen LogP contribution in [0.5, 0.6) is 0 Å². The SMILES string of the molecule is CC(C)CNc1cnn(CCC(C)(C)C#N)c(=O)c1. The second kappa shape index (κ2) is 6.37. The van der Waals surface area contributed by atoms with Crippen molar-refractivity contribution in [2.45, 2.75) is 40.7 Å². The lowest BCUT2D eigenvalue weighted by molar-refractivity contribution is 0.391. The van der Waals surface area contributed by atoms with Gasteiger partial charge in [0, 0.05) is 19.2 Å². The van der Waals surface area contributed by atoms with E-state index < -0.39 is 5.41 Å². The van der Waals surface area contributed by atoms with Crippen molar-refractivity contribution in [1.82, 2.24) is 9.78 Å².